The van der Waals surface area contributed by atoms with Crippen molar-refractivity contribution in [3.63, 3.8) is 0 Å². The molecule has 1 saturated carbocycles. The van der Waals surface area contributed by atoms with Gasteiger partial charge >= 0.3 is 0 Å². The maximum atomic E-state index is 12.4. The molecule has 1 aromatic carbocycles. The number of nitrogens with one attached hydrogen (secondary N) is 2. The van der Waals surface area contributed by atoms with E-state index < -0.39 is 10.0 Å². The Kier molecular flexibility index (Phi) is 6.78. The van der Waals surface area contributed by atoms with Gasteiger partial charge in [-0.05, 0) is 63.8 Å². The lowest BCUT2D eigenvalue weighted by molar-refractivity contribution is 0.0948. The molecule has 1 saturated heterocycles. The van der Waals surface area contributed by atoms with Crippen molar-refractivity contribution in [2.45, 2.75) is 62.4 Å². The quantitative estimate of drug-likeness (QED) is 0.642. The minimum absolute atomic E-state index is 0.0132. The average Bonchev–Trinajstić information content (AvgIpc) is 3.43. The van der Waals surface area contributed by atoms with Gasteiger partial charge in [-0.15, -0.1) is 0 Å². The largest absolute Gasteiger partial charge is 0.352 e. The molecule has 1 aliphatic heterocycles. The number of halogens is 1. The first-order valence-corrected chi connectivity index (χ1v) is 11.6. The second-order valence-electron chi connectivity index (χ2n) is 7.53. The molecule has 0 unspecified atom stereocenters. The normalized spacial score (nSPS) is 21.2. The SMILES string of the molecule is C[C@H]1CCCCN1CCCNC(=O)c1ccc(Cl)c(S(=O)(=O)NC2CC2)c1. The third-order valence-corrected chi connectivity index (χ3v) is 7.23. The van der Waals surface area contributed by atoms with Crippen molar-refractivity contribution in [3.8, 4) is 0 Å². The summed E-state index contributed by atoms with van der Waals surface area (Å²) >= 11 is 6.06. The van der Waals surface area contributed by atoms with E-state index in [4.69, 9.17) is 11.6 Å². The Morgan fingerprint density at radius 3 is 2.74 bits per heavy atom. The molecule has 1 atom stereocenters. The van der Waals surface area contributed by atoms with Gasteiger partial charge in [0, 0.05) is 30.7 Å². The molecular weight excluding hydrogens is 386 g/mol. The van der Waals surface area contributed by atoms with Crippen LogP contribution in [-0.4, -0.2) is 50.9 Å². The highest BCUT2D eigenvalue weighted by atomic mass is 35.5. The van der Waals surface area contributed by atoms with E-state index in [-0.39, 0.29) is 21.9 Å². The van der Waals surface area contributed by atoms with E-state index in [1.165, 1.54) is 31.4 Å². The third-order valence-electron chi connectivity index (χ3n) is 5.23. The Morgan fingerprint density at radius 1 is 1.26 bits per heavy atom. The summed E-state index contributed by atoms with van der Waals surface area (Å²) in [4.78, 5) is 14.8. The zero-order chi connectivity index (χ0) is 19.4. The van der Waals surface area contributed by atoms with E-state index in [0.29, 0.717) is 18.2 Å². The predicted octanol–water partition coefficient (Wildman–Crippen LogP) is 2.78. The number of hydrogen-bond acceptors (Lipinski definition) is 4. The van der Waals surface area contributed by atoms with Crippen LogP contribution in [0.5, 0.6) is 0 Å². The molecule has 150 valence electrons. The lowest BCUT2D eigenvalue weighted by Crippen LogP contribution is -2.39. The van der Waals surface area contributed by atoms with Gasteiger partial charge in [0.1, 0.15) is 4.90 Å². The average molecular weight is 414 g/mol. The molecule has 2 N–H and O–H groups in total. The van der Waals surface area contributed by atoms with Gasteiger partial charge in [0.15, 0.2) is 0 Å². The summed E-state index contributed by atoms with van der Waals surface area (Å²) in [5.41, 5.74) is 0.307. The van der Waals surface area contributed by atoms with Crippen LogP contribution in [0.1, 0.15) is 55.8 Å². The fourth-order valence-corrected chi connectivity index (χ4v) is 5.24. The zero-order valence-electron chi connectivity index (χ0n) is 15.7. The summed E-state index contributed by atoms with van der Waals surface area (Å²) in [5.74, 6) is -0.277. The van der Waals surface area contributed by atoms with Gasteiger partial charge in [-0.3, -0.25) is 4.79 Å². The fourth-order valence-electron chi connectivity index (χ4n) is 3.41. The highest BCUT2D eigenvalue weighted by Crippen LogP contribution is 2.26. The number of rotatable bonds is 8. The lowest BCUT2D eigenvalue weighted by Gasteiger charge is -2.33. The number of piperidine rings is 1. The molecule has 6 nitrogen and oxygen atoms in total. The second kappa shape index (κ2) is 8.90. The third kappa shape index (κ3) is 5.67. The highest BCUT2D eigenvalue weighted by molar-refractivity contribution is 7.89. The number of amides is 1. The van der Waals surface area contributed by atoms with E-state index in [2.05, 4.69) is 21.9 Å². The predicted molar refractivity (Wildman–Crippen MR) is 107 cm³/mol. The van der Waals surface area contributed by atoms with Crippen molar-refractivity contribution in [1.29, 1.82) is 0 Å². The number of nitrogens with zero attached hydrogens (tertiary/aromatic N) is 1. The molecule has 27 heavy (non-hydrogen) atoms. The molecule has 2 aliphatic rings. The van der Waals surface area contributed by atoms with Crippen LogP contribution in [0.4, 0.5) is 0 Å². The summed E-state index contributed by atoms with van der Waals surface area (Å²) in [6.45, 7) is 4.91. The molecule has 1 aliphatic carbocycles. The molecule has 0 radical (unpaired) electrons. The first-order valence-electron chi connectivity index (χ1n) is 9.71. The minimum atomic E-state index is -3.70. The summed E-state index contributed by atoms with van der Waals surface area (Å²) in [6, 6.07) is 4.97. The molecule has 1 aromatic rings. The van der Waals surface area contributed by atoms with E-state index >= 15 is 0 Å². The van der Waals surface area contributed by atoms with Crippen LogP contribution in [0.2, 0.25) is 5.02 Å². The van der Waals surface area contributed by atoms with E-state index in [0.717, 1.165) is 32.4 Å². The van der Waals surface area contributed by atoms with Crippen molar-refractivity contribution in [2.75, 3.05) is 19.6 Å². The fraction of sp³-hybridized carbons (Fsp3) is 0.632. The Bertz CT molecular complexity index is 780. The van der Waals surface area contributed by atoms with Crippen LogP contribution in [-0.2, 0) is 10.0 Å². The van der Waals surface area contributed by atoms with Gasteiger partial charge in [-0.25, -0.2) is 13.1 Å². The van der Waals surface area contributed by atoms with Gasteiger partial charge < -0.3 is 10.2 Å². The second-order valence-corrected chi connectivity index (χ2v) is 9.62. The van der Waals surface area contributed by atoms with Crippen LogP contribution in [0.3, 0.4) is 0 Å². The van der Waals surface area contributed by atoms with E-state index in [1.807, 2.05) is 0 Å². The van der Waals surface area contributed by atoms with Crippen molar-refractivity contribution < 1.29 is 13.2 Å². The molecular formula is C19H28ClN3O3S. The first kappa shape index (κ1) is 20.6. The standard InChI is InChI=1S/C19H28ClN3O3S/c1-14-5-2-3-11-23(14)12-4-10-21-19(24)15-6-9-17(20)18(13-15)27(25,26)22-16-7-8-16/h6,9,13-14,16,22H,2-5,7-8,10-12H2,1H3,(H,21,24)/t14-/m0/s1. The van der Waals surface area contributed by atoms with Crippen molar-refractivity contribution in [1.82, 2.24) is 14.9 Å². The monoisotopic (exact) mass is 413 g/mol. The Balaban J connectivity index is 1.54. The number of benzene rings is 1. The summed E-state index contributed by atoms with van der Waals surface area (Å²) in [5, 5.41) is 3.00. The number of carbonyl (C=O) groups excluding carboxylic acids is 1. The topological polar surface area (TPSA) is 78.5 Å². The van der Waals surface area contributed by atoms with Crippen LogP contribution < -0.4 is 10.0 Å². The van der Waals surface area contributed by atoms with Crippen LogP contribution in [0, 0.1) is 0 Å². The summed E-state index contributed by atoms with van der Waals surface area (Å²) < 4.78 is 27.4. The van der Waals surface area contributed by atoms with Gasteiger partial charge in [0.25, 0.3) is 5.91 Å². The highest BCUT2D eigenvalue weighted by Gasteiger charge is 2.29. The maximum absolute atomic E-state index is 12.4. The van der Waals surface area contributed by atoms with Crippen molar-refractivity contribution in [2.24, 2.45) is 0 Å². The first-order chi connectivity index (χ1) is 12.9. The molecule has 0 spiro atoms. The van der Waals surface area contributed by atoms with Crippen LogP contribution in [0.15, 0.2) is 23.1 Å². The van der Waals surface area contributed by atoms with Crippen LogP contribution in [0.25, 0.3) is 0 Å². The molecule has 0 bridgehead atoms. The van der Waals surface area contributed by atoms with Gasteiger partial charge in [-0.2, -0.15) is 0 Å². The lowest BCUT2D eigenvalue weighted by atomic mass is 10.0. The molecule has 2 fully saturated rings. The van der Waals surface area contributed by atoms with Gasteiger partial charge in [-0.1, -0.05) is 18.0 Å². The van der Waals surface area contributed by atoms with E-state index in [9.17, 15) is 13.2 Å². The maximum Gasteiger partial charge on any atom is 0.251 e. The van der Waals surface area contributed by atoms with Gasteiger partial charge in [0.05, 0.1) is 5.02 Å². The number of likely N-dealkylation sites (tertiary alicyclic amines) is 1. The minimum Gasteiger partial charge on any atom is -0.352 e. The number of sulfonamides is 1. The Morgan fingerprint density at radius 2 is 2.04 bits per heavy atom. The summed E-state index contributed by atoms with van der Waals surface area (Å²) in [6.07, 6.45) is 6.33. The molecule has 1 heterocycles. The van der Waals surface area contributed by atoms with E-state index in [1.54, 1.807) is 6.07 Å². The molecule has 0 aromatic heterocycles. The smallest absolute Gasteiger partial charge is 0.251 e. The number of carbonyl (C=O) groups is 1. The molecule has 3 rings (SSSR count). The number of hydrogen-bond donors (Lipinski definition) is 2. The van der Waals surface area contributed by atoms with Gasteiger partial charge in [0.2, 0.25) is 10.0 Å². The molecule has 1 amide bonds. The van der Waals surface area contributed by atoms with Crippen LogP contribution >= 0.6 is 11.6 Å². The molecule has 8 heteroatoms. The summed E-state index contributed by atoms with van der Waals surface area (Å²) in [7, 11) is -3.70. The zero-order valence-corrected chi connectivity index (χ0v) is 17.3. The Labute approximate surface area is 166 Å². The van der Waals surface area contributed by atoms with Crippen molar-refractivity contribution in [3.05, 3.63) is 28.8 Å². The van der Waals surface area contributed by atoms with Crippen molar-refractivity contribution >= 4 is 27.5 Å². The Hall–Kier alpha value is -1.15.